The van der Waals surface area contributed by atoms with Gasteiger partial charge in [-0.15, -0.1) is 0 Å². The third-order valence-electron chi connectivity index (χ3n) is 4.28. The largest absolute Gasteiger partial charge is 0.492 e. The zero-order chi connectivity index (χ0) is 15.9. The minimum Gasteiger partial charge on any atom is -0.492 e. The van der Waals surface area contributed by atoms with Crippen LogP contribution in [0.4, 0.5) is 0 Å². The Morgan fingerprint density at radius 2 is 2.05 bits per heavy atom. The Morgan fingerprint density at radius 1 is 1.32 bits per heavy atom. The average molecular weight is 366 g/mol. The van der Waals surface area contributed by atoms with E-state index < -0.39 is 0 Å². The Hall–Kier alpha value is -1.07. The summed E-state index contributed by atoms with van der Waals surface area (Å²) < 4.78 is 8.83. The smallest absolute Gasteiger partial charge is 0.144 e. The van der Waals surface area contributed by atoms with Gasteiger partial charge in [0.1, 0.15) is 5.75 Å². The topological polar surface area (TPSA) is 30.3 Å². The van der Waals surface area contributed by atoms with E-state index in [4.69, 9.17) is 9.84 Å². The lowest BCUT2D eigenvalue weighted by Gasteiger charge is -2.47. The number of rotatable bonds is 4. The fourth-order valence-corrected chi connectivity index (χ4v) is 3.43. The van der Waals surface area contributed by atoms with E-state index in [1.165, 1.54) is 0 Å². The van der Waals surface area contributed by atoms with E-state index in [2.05, 4.69) is 52.5 Å². The molecule has 4 nitrogen and oxygen atoms in total. The number of halogens is 1. The van der Waals surface area contributed by atoms with Crippen LogP contribution in [0.5, 0.6) is 5.75 Å². The maximum atomic E-state index is 5.76. The van der Waals surface area contributed by atoms with Crippen molar-refractivity contribution in [2.24, 2.45) is 5.92 Å². The van der Waals surface area contributed by atoms with Gasteiger partial charge >= 0.3 is 0 Å². The molecule has 1 saturated heterocycles. The van der Waals surface area contributed by atoms with Gasteiger partial charge in [0.2, 0.25) is 0 Å². The second kappa shape index (κ2) is 5.85. The fraction of sp³-hybridized carbons (Fsp3) is 0.588. The first-order valence-electron chi connectivity index (χ1n) is 7.92. The summed E-state index contributed by atoms with van der Waals surface area (Å²) in [7, 11) is 0. The van der Waals surface area contributed by atoms with Gasteiger partial charge in [0, 0.05) is 37.3 Å². The molecular weight excluding hydrogens is 342 g/mol. The Kier molecular flexibility index (Phi) is 4.21. The highest BCUT2D eigenvalue weighted by atomic mass is 79.9. The molecular formula is C17H24BrN3O. The van der Waals surface area contributed by atoms with Gasteiger partial charge in [0.25, 0.3) is 0 Å². The molecule has 2 aromatic rings. The van der Waals surface area contributed by atoms with Gasteiger partial charge in [-0.05, 0) is 55.8 Å². The Labute approximate surface area is 140 Å². The van der Waals surface area contributed by atoms with Gasteiger partial charge < -0.3 is 4.74 Å². The van der Waals surface area contributed by atoms with Gasteiger partial charge in [-0.1, -0.05) is 0 Å². The third kappa shape index (κ3) is 3.01. The highest BCUT2D eigenvalue weighted by molar-refractivity contribution is 9.10. The van der Waals surface area contributed by atoms with Crippen LogP contribution in [0.15, 0.2) is 22.8 Å². The molecule has 0 radical (unpaired) electrons. The third-order valence-corrected chi connectivity index (χ3v) is 4.90. The summed E-state index contributed by atoms with van der Waals surface area (Å²) in [4.78, 5) is 2.52. The zero-order valence-electron chi connectivity index (χ0n) is 13.8. The molecule has 0 aliphatic carbocycles. The van der Waals surface area contributed by atoms with Crippen molar-refractivity contribution >= 4 is 26.8 Å². The van der Waals surface area contributed by atoms with Crippen molar-refractivity contribution in [2.75, 3.05) is 19.7 Å². The first kappa shape index (κ1) is 15.8. The molecule has 120 valence electrons. The van der Waals surface area contributed by atoms with E-state index in [0.717, 1.165) is 40.8 Å². The molecule has 0 atom stereocenters. The minimum absolute atomic E-state index is 0.276. The van der Waals surface area contributed by atoms with Crippen LogP contribution >= 0.6 is 15.9 Å². The van der Waals surface area contributed by atoms with Crippen molar-refractivity contribution < 1.29 is 4.74 Å². The van der Waals surface area contributed by atoms with Crippen LogP contribution in [0, 0.1) is 5.92 Å². The number of fused-ring (bicyclic) bond motifs is 1. The van der Waals surface area contributed by atoms with Crippen molar-refractivity contribution in [1.82, 2.24) is 14.7 Å². The van der Waals surface area contributed by atoms with Crippen LogP contribution in [0.2, 0.25) is 0 Å². The Balaban J connectivity index is 1.75. The molecule has 0 unspecified atom stereocenters. The summed E-state index contributed by atoms with van der Waals surface area (Å²) in [6.45, 7) is 12.8. The van der Waals surface area contributed by atoms with Crippen molar-refractivity contribution in [3.8, 4) is 5.75 Å². The summed E-state index contributed by atoms with van der Waals surface area (Å²) in [6.07, 6.45) is 2.12. The maximum absolute atomic E-state index is 5.76. The summed E-state index contributed by atoms with van der Waals surface area (Å²) in [6, 6.07) is 4.05. The molecule has 0 saturated carbocycles. The van der Waals surface area contributed by atoms with E-state index in [9.17, 15) is 0 Å². The molecule has 0 spiro atoms. The van der Waals surface area contributed by atoms with Crippen LogP contribution in [-0.2, 0) is 6.54 Å². The highest BCUT2D eigenvalue weighted by Gasteiger charge is 2.34. The standard InChI is InChI=1S/C17H24BrN3O/c1-5-22-16-13-11-21(19-15(13)7-6-14(16)18)10-12-8-20(9-12)17(2,3)4/h6-7,11-12H,5,8-10H2,1-4H3. The van der Waals surface area contributed by atoms with E-state index in [1.54, 1.807) is 0 Å². The average Bonchev–Trinajstić information content (AvgIpc) is 2.78. The molecule has 1 aliphatic rings. The first-order valence-corrected chi connectivity index (χ1v) is 8.71. The number of nitrogens with zero attached hydrogens (tertiary/aromatic N) is 3. The van der Waals surface area contributed by atoms with Gasteiger partial charge in [0.05, 0.1) is 22.0 Å². The Bertz CT molecular complexity index is 668. The molecule has 1 fully saturated rings. The van der Waals surface area contributed by atoms with Crippen LogP contribution in [-0.4, -0.2) is 39.9 Å². The van der Waals surface area contributed by atoms with E-state index in [-0.39, 0.29) is 5.54 Å². The SMILES string of the molecule is CCOc1c(Br)ccc2nn(CC3CN(C(C)(C)C)C3)cc12. The molecule has 5 heteroatoms. The Morgan fingerprint density at radius 3 is 2.68 bits per heavy atom. The molecule has 0 bridgehead atoms. The number of aromatic nitrogens is 2. The molecule has 0 amide bonds. The predicted octanol–water partition coefficient (Wildman–Crippen LogP) is 3.93. The first-order chi connectivity index (χ1) is 10.4. The highest BCUT2D eigenvalue weighted by Crippen LogP contribution is 2.34. The zero-order valence-corrected chi connectivity index (χ0v) is 15.4. The molecule has 1 aliphatic heterocycles. The minimum atomic E-state index is 0.276. The van der Waals surface area contributed by atoms with Crippen molar-refractivity contribution in [1.29, 1.82) is 0 Å². The van der Waals surface area contributed by atoms with E-state index in [0.29, 0.717) is 12.5 Å². The summed E-state index contributed by atoms with van der Waals surface area (Å²) in [5.74, 6) is 1.59. The second-order valence-electron chi connectivity index (χ2n) is 7.04. The van der Waals surface area contributed by atoms with Crippen LogP contribution in [0.25, 0.3) is 10.9 Å². The van der Waals surface area contributed by atoms with Crippen LogP contribution in [0.3, 0.4) is 0 Å². The lowest BCUT2D eigenvalue weighted by Crippen LogP contribution is -2.56. The lowest BCUT2D eigenvalue weighted by atomic mass is 9.92. The van der Waals surface area contributed by atoms with Crippen molar-refractivity contribution in [2.45, 2.75) is 39.8 Å². The predicted molar refractivity (Wildman–Crippen MR) is 93.4 cm³/mol. The normalized spacial score (nSPS) is 17.0. The van der Waals surface area contributed by atoms with Gasteiger partial charge in [-0.3, -0.25) is 9.58 Å². The number of hydrogen-bond donors (Lipinski definition) is 0. The summed E-state index contributed by atoms with van der Waals surface area (Å²) in [5, 5.41) is 5.79. The summed E-state index contributed by atoms with van der Waals surface area (Å²) >= 11 is 3.56. The van der Waals surface area contributed by atoms with E-state index >= 15 is 0 Å². The molecule has 3 rings (SSSR count). The number of hydrogen-bond acceptors (Lipinski definition) is 3. The summed E-state index contributed by atoms with van der Waals surface area (Å²) in [5.41, 5.74) is 1.27. The molecule has 22 heavy (non-hydrogen) atoms. The molecule has 0 N–H and O–H groups in total. The van der Waals surface area contributed by atoms with Crippen LogP contribution in [0.1, 0.15) is 27.7 Å². The van der Waals surface area contributed by atoms with Crippen LogP contribution < -0.4 is 4.74 Å². The van der Waals surface area contributed by atoms with E-state index in [1.807, 2.05) is 19.1 Å². The van der Waals surface area contributed by atoms with Crippen molar-refractivity contribution in [3.63, 3.8) is 0 Å². The number of benzene rings is 1. The number of likely N-dealkylation sites (tertiary alicyclic amines) is 1. The second-order valence-corrected chi connectivity index (χ2v) is 7.89. The molecule has 1 aromatic heterocycles. The van der Waals surface area contributed by atoms with Crippen molar-refractivity contribution in [3.05, 3.63) is 22.8 Å². The molecule has 1 aromatic carbocycles. The maximum Gasteiger partial charge on any atom is 0.144 e. The van der Waals surface area contributed by atoms with Gasteiger partial charge in [-0.2, -0.15) is 5.10 Å². The number of ether oxygens (including phenoxy) is 1. The molecule has 2 heterocycles. The lowest BCUT2D eigenvalue weighted by molar-refractivity contribution is 0.00547. The van der Waals surface area contributed by atoms with Gasteiger partial charge in [-0.25, -0.2) is 0 Å². The monoisotopic (exact) mass is 365 g/mol. The quantitative estimate of drug-likeness (QED) is 0.822. The fourth-order valence-electron chi connectivity index (χ4n) is 2.97. The van der Waals surface area contributed by atoms with Gasteiger partial charge in [0.15, 0.2) is 0 Å².